The van der Waals surface area contributed by atoms with E-state index < -0.39 is 11.6 Å². The summed E-state index contributed by atoms with van der Waals surface area (Å²) >= 11 is 0. The monoisotopic (exact) mass is 178 g/mol. The third kappa shape index (κ3) is 1.82. The standard InChI is InChI=1S/C7H5F2.V/c1-5-6(8)3-2-4-7(5)9;/h3-4H,1H3;/q-1;. The molecule has 0 N–H and O–H groups in total. The SMILES string of the molecule is Cc1c(F)c[c-]cc1F.[V]. The molecule has 0 bridgehead atoms. The Labute approximate surface area is 70.1 Å². The van der Waals surface area contributed by atoms with Crippen molar-refractivity contribution in [2.45, 2.75) is 6.92 Å². The van der Waals surface area contributed by atoms with Crippen LogP contribution >= 0.6 is 0 Å². The molecule has 0 atom stereocenters. The van der Waals surface area contributed by atoms with E-state index in [0.717, 1.165) is 12.1 Å². The van der Waals surface area contributed by atoms with Gasteiger partial charge in [-0.3, -0.25) is 8.78 Å². The van der Waals surface area contributed by atoms with Crippen LogP contribution in [0.1, 0.15) is 5.56 Å². The maximum atomic E-state index is 12.3. The summed E-state index contributed by atoms with van der Waals surface area (Å²) in [6.07, 6.45) is 0. The minimum absolute atomic E-state index is 0. The van der Waals surface area contributed by atoms with Crippen LogP contribution < -0.4 is 0 Å². The van der Waals surface area contributed by atoms with Crippen LogP contribution in [0.2, 0.25) is 0 Å². The Hall–Kier alpha value is -0.336. The summed E-state index contributed by atoms with van der Waals surface area (Å²) < 4.78 is 24.6. The van der Waals surface area contributed by atoms with Gasteiger partial charge < -0.3 is 0 Å². The molecule has 0 saturated carbocycles. The molecule has 3 heteroatoms. The summed E-state index contributed by atoms with van der Waals surface area (Å²) in [5, 5.41) is 0. The normalized spacial score (nSPS) is 8.70. The molecule has 0 aliphatic carbocycles. The van der Waals surface area contributed by atoms with Crippen molar-refractivity contribution in [2.75, 3.05) is 0 Å². The van der Waals surface area contributed by atoms with Crippen molar-refractivity contribution in [3.05, 3.63) is 35.4 Å². The van der Waals surface area contributed by atoms with E-state index in [1.165, 1.54) is 6.92 Å². The fourth-order valence-electron chi connectivity index (χ4n) is 0.519. The molecule has 0 nitrogen and oxygen atoms in total. The molecule has 0 heterocycles. The van der Waals surface area contributed by atoms with Crippen LogP contribution in [0.25, 0.3) is 0 Å². The molecule has 0 unspecified atom stereocenters. The first-order valence-corrected chi connectivity index (χ1v) is 2.53. The molecule has 0 fully saturated rings. The topological polar surface area (TPSA) is 0 Å². The van der Waals surface area contributed by atoms with E-state index >= 15 is 0 Å². The van der Waals surface area contributed by atoms with E-state index in [2.05, 4.69) is 6.07 Å². The Balaban J connectivity index is 0.000000810. The summed E-state index contributed by atoms with van der Waals surface area (Å²) in [6.45, 7) is 1.39. The first kappa shape index (κ1) is 9.66. The van der Waals surface area contributed by atoms with Crippen molar-refractivity contribution in [2.24, 2.45) is 0 Å². The predicted molar refractivity (Wildman–Crippen MR) is 29.9 cm³/mol. The molecule has 53 valence electrons. The zero-order chi connectivity index (χ0) is 6.85. The molecule has 1 radical (unpaired) electrons. The average Bonchev–Trinajstić information content (AvgIpc) is 1.83. The maximum absolute atomic E-state index is 12.3. The van der Waals surface area contributed by atoms with Crippen LogP contribution in [0, 0.1) is 24.6 Å². The second kappa shape index (κ2) is 3.74. The molecular formula is C7H5F2V-. The second-order valence-electron chi connectivity index (χ2n) is 1.78. The van der Waals surface area contributed by atoms with Gasteiger partial charge in [-0.1, -0.05) is 12.5 Å². The van der Waals surface area contributed by atoms with Gasteiger partial charge in [0.15, 0.2) is 0 Å². The fraction of sp³-hybridized carbons (Fsp3) is 0.143. The summed E-state index contributed by atoms with van der Waals surface area (Å²) in [7, 11) is 0. The zero-order valence-corrected chi connectivity index (χ0v) is 6.75. The van der Waals surface area contributed by atoms with Crippen molar-refractivity contribution in [3.8, 4) is 0 Å². The smallest absolute Gasteiger partial charge is 0.0143 e. The second-order valence-corrected chi connectivity index (χ2v) is 1.78. The third-order valence-electron chi connectivity index (χ3n) is 1.14. The van der Waals surface area contributed by atoms with Gasteiger partial charge in [0.05, 0.1) is 0 Å². The van der Waals surface area contributed by atoms with E-state index in [-0.39, 0.29) is 24.1 Å². The van der Waals surface area contributed by atoms with E-state index in [1.54, 1.807) is 0 Å². The number of rotatable bonds is 0. The molecule has 0 amide bonds. The van der Waals surface area contributed by atoms with Crippen LogP contribution in [0.4, 0.5) is 8.78 Å². The maximum Gasteiger partial charge on any atom is 0.0143 e. The van der Waals surface area contributed by atoms with Crippen LogP contribution in [0.15, 0.2) is 12.1 Å². The van der Waals surface area contributed by atoms with Crippen molar-refractivity contribution in [3.63, 3.8) is 0 Å². The van der Waals surface area contributed by atoms with Gasteiger partial charge in [0, 0.05) is 30.2 Å². The third-order valence-corrected chi connectivity index (χ3v) is 1.14. The number of hydrogen-bond donors (Lipinski definition) is 0. The number of benzene rings is 1. The van der Waals surface area contributed by atoms with Crippen LogP contribution in [-0.4, -0.2) is 0 Å². The van der Waals surface area contributed by atoms with Gasteiger partial charge in [0.25, 0.3) is 0 Å². The van der Waals surface area contributed by atoms with Crippen LogP contribution in [-0.2, 0) is 18.6 Å². The van der Waals surface area contributed by atoms with E-state index in [9.17, 15) is 8.78 Å². The Morgan fingerprint density at radius 2 is 1.60 bits per heavy atom. The van der Waals surface area contributed by atoms with Crippen molar-refractivity contribution < 1.29 is 27.3 Å². The quantitative estimate of drug-likeness (QED) is 0.533. The van der Waals surface area contributed by atoms with Gasteiger partial charge in [-0.2, -0.15) is 6.07 Å². The van der Waals surface area contributed by atoms with Gasteiger partial charge >= 0.3 is 0 Å². The van der Waals surface area contributed by atoms with E-state index in [1.807, 2.05) is 0 Å². The fourth-order valence-corrected chi connectivity index (χ4v) is 0.519. The molecule has 0 spiro atoms. The molecule has 10 heavy (non-hydrogen) atoms. The molecule has 0 saturated heterocycles. The number of halogens is 2. The van der Waals surface area contributed by atoms with Gasteiger partial charge in [-0.05, 0) is 0 Å². The summed E-state index contributed by atoms with van der Waals surface area (Å²) in [4.78, 5) is 0. The van der Waals surface area contributed by atoms with Crippen molar-refractivity contribution in [1.82, 2.24) is 0 Å². The van der Waals surface area contributed by atoms with E-state index in [0.29, 0.717) is 0 Å². The summed E-state index contributed by atoms with van der Waals surface area (Å²) in [5.74, 6) is -1.09. The minimum Gasteiger partial charge on any atom is -0.284 e. The Morgan fingerprint density at radius 1 is 1.20 bits per heavy atom. The number of hydrogen-bond acceptors (Lipinski definition) is 0. The first-order chi connectivity index (χ1) is 4.22. The Kier molecular flexibility index (Phi) is 3.62. The predicted octanol–water partition coefficient (Wildman–Crippen LogP) is 2.07. The summed E-state index contributed by atoms with van der Waals surface area (Å²) in [5.41, 5.74) is 0.0498. The van der Waals surface area contributed by atoms with Crippen LogP contribution in [0.5, 0.6) is 0 Å². The molecule has 1 aromatic rings. The summed E-state index contributed by atoms with van der Waals surface area (Å²) in [6, 6.07) is 4.54. The minimum atomic E-state index is -0.546. The molecule has 1 aromatic carbocycles. The Bertz CT molecular complexity index is 203. The van der Waals surface area contributed by atoms with Crippen molar-refractivity contribution >= 4 is 0 Å². The average molecular weight is 178 g/mol. The first-order valence-electron chi connectivity index (χ1n) is 2.53. The molecule has 1 rings (SSSR count). The van der Waals surface area contributed by atoms with Gasteiger partial charge in [-0.15, -0.1) is 12.1 Å². The van der Waals surface area contributed by atoms with Gasteiger partial charge in [0.1, 0.15) is 0 Å². The molecule has 0 aliphatic heterocycles. The molecule has 0 aliphatic rings. The van der Waals surface area contributed by atoms with Gasteiger partial charge in [-0.25, -0.2) is 0 Å². The zero-order valence-electron chi connectivity index (χ0n) is 5.36. The van der Waals surface area contributed by atoms with Gasteiger partial charge in [0.2, 0.25) is 0 Å². The van der Waals surface area contributed by atoms with E-state index in [4.69, 9.17) is 0 Å². The molecule has 0 aromatic heterocycles. The Morgan fingerprint density at radius 3 is 1.90 bits per heavy atom. The van der Waals surface area contributed by atoms with Crippen molar-refractivity contribution in [1.29, 1.82) is 0 Å². The largest absolute Gasteiger partial charge is 0.284 e. The molecular weight excluding hydrogens is 173 g/mol. The van der Waals surface area contributed by atoms with Crippen LogP contribution in [0.3, 0.4) is 0 Å².